The fourth-order valence-electron chi connectivity index (χ4n) is 3.93. The van der Waals surface area contributed by atoms with Crippen molar-refractivity contribution >= 4 is 17.4 Å². The zero-order chi connectivity index (χ0) is 19.6. The molecular formula is C22H29N3O2. The number of benzene rings is 1. The number of fused-ring (bicyclic) bond motifs is 1. The van der Waals surface area contributed by atoms with Crippen molar-refractivity contribution in [3.05, 3.63) is 52.3 Å². The number of aryl methyl sites for hydroxylation is 1. The highest BCUT2D eigenvalue weighted by molar-refractivity contribution is 6.04. The molecule has 3 rings (SSSR count). The van der Waals surface area contributed by atoms with Gasteiger partial charge in [0.1, 0.15) is 5.69 Å². The molecule has 1 aliphatic rings. The highest BCUT2D eigenvalue weighted by Gasteiger charge is 2.27. The summed E-state index contributed by atoms with van der Waals surface area (Å²) in [6, 6.07) is 8.37. The maximum Gasteiger partial charge on any atom is 0.270 e. The number of nitrogens with one attached hydrogen (secondary N) is 1. The van der Waals surface area contributed by atoms with Crippen LogP contribution in [0.1, 0.15) is 64.4 Å². The lowest BCUT2D eigenvalue weighted by Crippen LogP contribution is -2.27. The van der Waals surface area contributed by atoms with Crippen LogP contribution in [0.2, 0.25) is 0 Å². The van der Waals surface area contributed by atoms with E-state index in [-0.39, 0.29) is 11.7 Å². The number of rotatable bonds is 6. The summed E-state index contributed by atoms with van der Waals surface area (Å²) in [5.41, 5.74) is 5.29. The van der Waals surface area contributed by atoms with Gasteiger partial charge in [0.15, 0.2) is 5.78 Å². The molecule has 0 aliphatic heterocycles. The number of amides is 1. The minimum absolute atomic E-state index is 0.0671. The number of anilines is 1. The standard InChI is InChI=1S/C22H29N3O2/c1-5-25(6-2)17-12-10-16(11-13-17)14-24(4)22(27)21-15(3)20-18(23-21)8-7-9-19(20)26/h10-13,23H,5-9,14H2,1-4H3. The maximum absolute atomic E-state index is 12.9. The SMILES string of the molecule is CCN(CC)c1ccc(CN(C)C(=O)c2[nH]c3c(c2C)C(=O)CCC3)cc1. The van der Waals surface area contributed by atoms with Crippen LogP contribution in [0.3, 0.4) is 0 Å². The Hall–Kier alpha value is -2.56. The first-order chi connectivity index (χ1) is 13.0. The summed E-state index contributed by atoms with van der Waals surface area (Å²) in [6.07, 6.45) is 2.27. The van der Waals surface area contributed by atoms with Crippen LogP contribution in [0.5, 0.6) is 0 Å². The van der Waals surface area contributed by atoms with E-state index in [4.69, 9.17) is 0 Å². The number of nitrogens with zero attached hydrogens (tertiary/aromatic N) is 2. The van der Waals surface area contributed by atoms with Crippen LogP contribution >= 0.6 is 0 Å². The summed E-state index contributed by atoms with van der Waals surface area (Å²) in [5, 5.41) is 0. The minimum Gasteiger partial charge on any atom is -0.372 e. The minimum atomic E-state index is -0.0671. The molecule has 1 N–H and O–H groups in total. The molecule has 0 saturated carbocycles. The molecule has 0 bridgehead atoms. The van der Waals surface area contributed by atoms with Gasteiger partial charge in [0.2, 0.25) is 0 Å². The van der Waals surface area contributed by atoms with E-state index in [9.17, 15) is 9.59 Å². The molecule has 1 amide bonds. The van der Waals surface area contributed by atoms with Crippen molar-refractivity contribution in [3.63, 3.8) is 0 Å². The van der Waals surface area contributed by atoms with Crippen LogP contribution in [-0.2, 0) is 13.0 Å². The lowest BCUT2D eigenvalue weighted by molar-refractivity contribution is 0.0779. The van der Waals surface area contributed by atoms with E-state index in [0.29, 0.717) is 18.7 Å². The number of aromatic amines is 1. The molecule has 0 atom stereocenters. The maximum atomic E-state index is 12.9. The molecule has 1 heterocycles. The van der Waals surface area contributed by atoms with Gasteiger partial charge in [-0.05, 0) is 56.9 Å². The summed E-state index contributed by atoms with van der Waals surface area (Å²) in [7, 11) is 1.81. The van der Waals surface area contributed by atoms with Crippen LogP contribution in [0, 0.1) is 6.92 Å². The Morgan fingerprint density at radius 1 is 1.11 bits per heavy atom. The van der Waals surface area contributed by atoms with Gasteiger partial charge in [-0.2, -0.15) is 0 Å². The highest BCUT2D eigenvalue weighted by atomic mass is 16.2. The molecule has 1 aliphatic carbocycles. The summed E-state index contributed by atoms with van der Waals surface area (Å²) < 4.78 is 0. The van der Waals surface area contributed by atoms with E-state index in [0.717, 1.165) is 48.3 Å². The number of H-pyrrole nitrogens is 1. The van der Waals surface area contributed by atoms with E-state index in [1.165, 1.54) is 5.69 Å². The molecule has 2 aromatic rings. The van der Waals surface area contributed by atoms with Crippen molar-refractivity contribution in [3.8, 4) is 0 Å². The van der Waals surface area contributed by atoms with Crippen molar-refractivity contribution in [2.75, 3.05) is 25.0 Å². The van der Waals surface area contributed by atoms with Crippen molar-refractivity contribution in [1.29, 1.82) is 0 Å². The first-order valence-corrected chi connectivity index (χ1v) is 9.80. The van der Waals surface area contributed by atoms with Gasteiger partial charge in [-0.25, -0.2) is 0 Å². The number of aromatic nitrogens is 1. The smallest absolute Gasteiger partial charge is 0.270 e. The van der Waals surface area contributed by atoms with Crippen LogP contribution < -0.4 is 4.90 Å². The van der Waals surface area contributed by atoms with Gasteiger partial charge in [0, 0.05) is 50.0 Å². The first kappa shape index (κ1) is 19.2. The van der Waals surface area contributed by atoms with Crippen molar-refractivity contribution < 1.29 is 9.59 Å². The first-order valence-electron chi connectivity index (χ1n) is 9.80. The molecule has 0 spiro atoms. The quantitative estimate of drug-likeness (QED) is 0.841. The fraction of sp³-hybridized carbons (Fsp3) is 0.455. The highest BCUT2D eigenvalue weighted by Crippen LogP contribution is 2.27. The number of hydrogen-bond donors (Lipinski definition) is 1. The van der Waals surface area contributed by atoms with Gasteiger partial charge >= 0.3 is 0 Å². The van der Waals surface area contributed by atoms with Gasteiger partial charge in [-0.1, -0.05) is 12.1 Å². The summed E-state index contributed by atoms with van der Waals surface area (Å²) in [4.78, 5) is 32.4. The Morgan fingerprint density at radius 3 is 2.37 bits per heavy atom. The van der Waals surface area contributed by atoms with Gasteiger partial charge < -0.3 is 14.8 Å². The summed E-state index contributed by atoms with van der Waals surface area (Å²) in [6.45, 7) is 8.65. The number of hydrogen-bond acceptors (Lipinski definition) is 3. The van der Waals surface area contributed by atoms with Crippen LogP contribution in [-0.4, -0.2) is 41.7 Å². The van der Waals surface area contributed by atoms with E-state index in [1.54, 1.807) is 4.90 Å². The lowest BCUT2D eigenvalue weighted by atomic mass is 9.94. The zero-order valence-electron chi connectivity index (χ0n) is 16.8. The molecule has 1 aromatic heterocycles. The van der Waals surface area contributed by atoms with Crippen molar-refractivity contribution in [2.45, 2.75) is 46.6 Å². The van der Waals surface area contributed by atoms with Gasteiger partial charge in [0.25, 0.3) is 5.91 Å². The molecule has 1 aromatic carbocycles. The molecule has 0 unspecified atom stereocenters. The van der Waals surface area contributed by atoms with Gasteiger partial charge in [-0.3, -0.25) is 9.59 Å². The number of carbonyl (C=O) groups excluding carboxylic acids is 2. The predicted octanol–water partition coefficient (Wildman–Crippen LogP) is 3.96. The fourth-order valence-corrected chi connectivity index (χ4v) is 3.93. The van der Waals surface area contributed by atoms with Crippen LogP contribution in [0.15, 0.2) is 24.3 Å². The van der Waals surface area contributed by atoms with Crippen molar-refractivity contribution in [2.24, 2.45) is 0 Å². The lowest BCUT2D eigenvalue weighted by Gasteiger charge is -2.22. The summed E-state index contributed by atoms with van der Waals surface area (Å²) in [5.74, 6) is 0.0845. The second-order valence-electron chi connectivity index (χ2n) is 7.26. The van der Waals surface area contributed by atoms with E-state index in [2.05, 4.69) is 48.0 Å². The van der Waals surface area contributed by atoms with Gasteiger partial charge in [-0.15, -0.1) is 0 Å². The van der Waals surface area contributed by atoms with Gasteiger partial charge in [0.05, 0.1) is 0 Å². The van der Waals surface area contributed by atoms with Crippen molar-refractivity contribution in [1.82, 2.24) is 9.88 Å². The second-order valence-corrected chi connectivity index (χ2v) is 7.26. The molecule has 27 heavy (non-hydrogen) atoms. The number of Topliss-reactive ketones (excluding diaryl/α,β-unsaturated/α-hetero) is 1. The molecule has 0 saturated heterocycles. The predicted molar refractivity (Wildman–Crippen MR) is 109 cm³/mol. The Balaban J connectivity index is 1.74. The monoisotopic (exact) mass is 367 g/mol. The normalized spacial score (nSPS) is 13.4. The average Bonchev–Trinajstić information content (AvgIpc) is 3.01. The number of ketones is 1. The third kappa shape index (κ3) is 3.77. The zero-order valence-corrected chi connectivity index (χ0v) is 16.8. The van der Waals surface area contributed by atoms with Crippen LogP contribution in [0.4, 0.5) is 5.69 Å². The molecule has 0 fully saturated rings. The molecule has 144 valence electrons. The second kappa shape index (κ2) is 7.99. The third-order valence-electron chi connectivity index (χ3n) is 5.48. The van der Waals surface area contributed by atoms with Crippen LogP contribution in [0.25, 0.3) is 0 Å². The summed E-state index contributed by atoms with van der Waals surface area (Å²) >= 11 is 0. The van der Waals surface area contributed by atoms with E-state index in [1.807, 2.05) is 14.0 Å². The van der Waals surface area contributed by atoms with E-state index < -0.39 is 0 Å². The average molecular weight is 367 g/mol. The Kier molecular flexibility index (Phi) is 5.68. The molecule has 5 heteroatoms. The molecule has 0 radical (unpaired) electrons. The molecular weight excluding hydrogens is 338 g/mol. The Labute approximate surface area is 161 Å². The largest absolute Gasteiger partial charge is 0.372 e. The Morgan fingerprint density at radius 2 is 1.78 bits per heavy atom. The topological polar surface area (TPSA) is 56.4 Å². The van der Waals surface area contributed by atoms with E-state index >= 15 is 0 Å². The third-order valence-corrected chi connectivity index (χ3v) is 5.48. The Bertz CT molecular complexity index is 832. The molecule has 5 nitrogen and oxygen atoms in total. The number of carbonyl (C=O) groups is 2.